The van der Waals surface area contributed by atoms with Gasteiger partial charge in [0.15, 0.2) is 11.5 Å². The first-order chi connectivity index (χ1) is 12.5. The number of halogens is 1. The van der Waals surface area contributed by atoms with Gasteiger partial charge in [-0.3, -0.25) is 0 Å². The van der Waals surface area contributed by atoms with Gasteiger partial charge < -0.3 is 23.9 Å². The summed E-state index contributed by atoms with van der Waals surface area (Å²) < 4.78 is 21.6. The van der Waals surface area contributed by atoms with E-state index in [1.54, 1.807) is 37.4 Å². The van der Waals surface area contributed by atoms with E-state index >= 15 is 0 Å². The smallest absolute Gasteiger partial charge is 0.360 e. The van der Waals surface area contributed by atoms with E-state index in [1.807, 2.05) is 6.92 Å². The summed E-state index contributed by atoms with van der Waals surface area (Å²) >= 11 is 5.93. The molecule has 0 aliphatic heterocycles. The lowest BCUT2D eigenvalue weighted by molar-refractivity contribution is 0.0728. The third-order valence-corrected chi connectivity index (χ3v) is 4.23. The monoisotopic (exact) mass is 375 g/mol. The summed E-state index contributed by atoms with van der Waals surface area (Å²) in [5.74, 6) is 1.43. The van der Waals surface area contributed by atoms with E-state index in [0.29, 0.717) is 38.9 Å². The van der Waals surface area contributed by atoms with E-state index in [1.165, 1.54) is 14.2 Å². The molecule has 0 atom stereocenters. The molecule has 136 valence electrons. The molecule has 0 unspecified atom stereocenters. The molecule has 0 fully saturated rings. The summed E-state index contributed by atoms with van der Waals surface area (Å²) in [6, 6.07) is 8.41. The summed E-state index contributed by atoms with van der Waals surface area (Å²) in [5.41, 5.74) is 1.61. The average molecular weight is 376 g/mol. The first-order valence-electron chi connectivity index (χ1n) is 7.78. The minimum atomic E-state index is -0.533. The van der Waals surface area contributed by atoms with Crippen LogP contribution in [0.2, 0.25) is 5.02 Å². The number of aryl methyl sites for hydroxylation is 1. The van der Waals surface area contributed by atoms with Gasteiger partial charge in [0.1, 0.15) is 17.2 Å². The van der Waals surface area contributed by atoms with Gasteiger partial charge in [-0.05, 0) is 36.8 Å². The summed E-state index contributed by atoms with van der Waals surface area (Å²) in [6.45, 7) is 1.82. The third kappa shape index (κ3) is 3.15. The van der Waals surface area contributed by atoms with E-state index in [0.717, 1.165) is 5.56 Å². The molecule has 2 aromatic carbocycles. The number of carbonyl (C=O) groups excluding carboxylic acids is 1. The lowest BCUT2D eigenvalue weighted by Crippen LogP contribution is -2.09. The summed E-state index contributed by atoms with van der Waals surface area (Å²) in [6.07, 6.45) is 0. The minimum Gasteiger partial charge on any atom is -0.496 e. The minimum absolute atomic E-state index is 0.263. The number of fused-ring (bicyclic) bond motifs is 1. The molecule has 1 heterocycles. The molecule has 0 aliphatic rings. The Balaban J connectivity index is 2.04. The number of aromatic nitrogens is 1. The van der Waals surface area contributed by atoms with Crippen molar-refractivity contribution < 1.29 is 23.7 Å². The first-order valence-corrected chi connectivity index (χ1v) is 8.16. The van der Waals surface area contributed by atoms with E-state index < -0.39 is 5.97 Å². The zero-order valence-electron chi connectivity index (χ0n) is 14.8. The molecule has 0 aliphatic carbocycles. The maximum absolute atomic E-state index is 12.6. The van der Waals surface area contributed by atoms with Crippen LogP contribution in [-0.4, -0.2) is 32.3 Å². The Kier molecular flexibility index (Phi) is 4.95. The number of hydrogen-bond acceptors (Lipinski definition) is 5. The Bertz CT molecular complexity index is 980. The summed E-state index contributed by atoms with van der Waals surface area (Å²) in [4.78, 5) is 15.6. The van der Waals surface area contributed by atoms with Crippen molar-refractivity contribution in [2.45, 2.75) is 6.92 Å². The number of benzene rings is 2. The Morgan fingerprint density at radius 2 is 1.69 bits per heavy atom. The number of rotatable bonds is 5. The molecule has 1 aromatic heterocycles. The van der Waals surface area contributed by atoms with E-state index in [2.05, 4.69) is 4.98 Å². The van der Waals surface area contributed by atoms with Crippen LogP contribution in [0.1, 0.15) is 16.1 Å². The van der Waals surface area contributed by atoms with Crippen LogP contribution in [0.5, 0.6) is 23.0 Å². The van der Waals surface area contributed by atoms with Crippen LogP contribution in [0.15, 0.2) is 30.3 Å². The molecule has 0 spiro atoms. The second-order valence-electron chi connectivity index (χ2n) is 5.59. The van der Waals surface area contributed by atoms with Crippen molar-refractivity contribution in [2.75, 3.05) is 21.3 Å². The largest absolute Gasteiger partial charge is 0.496 e. The SMILES string of the molecule is COc1cc(OC)c2cc(C(=O)Oc3ccc(Cl)cc3C)[nH]c2c1OC. The predicted octanol–water partition coefficient (Wildman–Crippen LogP) is 4.37. The Labute approximate surface area is 155 Å². The molecule has 0 bridgehead atoms. The van der Waals surface area contributed by atoms with Crippen LogP contribution in [0.3, 0.4) is 0 Å². The molecule has 0 amide bonds. The quantitative estimate of drug-likeness (QED) is 0.529. The standard InChI is InChI=1S/C19H18ClNO5/c1-10-7-11(20)5-6-14(10)26-19(22)13-8-12-15(23-2)9-16(24-3)18(25-4)17(12)21-13/h5-9,21H,1-4H3. The summed E-state index contributed by atoms with van der Waals surface area (Å²) in [7, 11) is 4.60. The van der Waals surface area contributed by atoms with Gasteiger partial charge in [0, 0.05) is 16.5 Å². The molecule has 0 saturated heterocycles. The van der Waals surface area contributed by atoms with Gasteiger partial charge in [-0.25, -0.2) is 4.79 Å². The van der Waals surface area contributed by atoms with Crippen molar-refractivity contribution in [3.05, 3.63) is 46.6 Å². The van der Waals surface area contributed by atoms with Crippen LogP contribution in [0.25, 0.3) is 10.9 Å². The second kappa shape index (κ2) is 7.17. The molecule has 1 N–H and O–H groups in total. The van der Waals surface area contributed by atoms with Crippen LogP contribution in [0.4, 0.5) is 0 Å². The van der Waals surface area contributed by atoms with Gasteiger partial charge in [-0.2, -0.15) is 0 Å². The third-order valence-electron chi connectivity index (χ3n) is 4.00. The van der Waals surface area contributed by atoms with Crippen LogP contribution < -0.4 is 18.9 Å². The van der Waals surface area contributed by atoms with Crippen molar-refractivity contribution in [1.82, 2.24) is 4.98 Å². The molecule has 6 nitrogen and oxygen atoms in total. The fraction of sp³-hybridized carbons (Fsp3) is 0.211. The lowest BCUT2D eigenvalue weighted by Gasteiger charge is -2.11. The Hall–Kier alpha value is -2.86. The number of esters is 1. The molecular formula is C19H18ClNO5. The highest BCUT2D eigenvalue weighted by Crippen LogP contribution is 2.41. The van der Waals surface area contributed by atoms with Gasteiger partial charge in [-0.1, -0.05) is 11.6 Å². The van der Waals surface area contributed by atoms with Crippen molar-refractivity contribution in [1.29, 1.82) is 0 Å². The Morgan fingerprint density at radius 3 is 2.31 bits per heavy atom. The lowest BCUT2D eigenvalue weighted by atomic mass is 10.2. The molecule has 3 aromatic rings. The number of methoxy groups -OCH3 is 3. The molecule has 26 heavy (non-hydrogen) atoms. The molecule has 3 rings (SSSR count). The van der Waals surface area contributed by atoms with Crippen LogP contribution in [-0.2, 0) is 0 Å². The number of aromatic amines is 1. The van der Waals surface area contributed by atoms with Gasteiger partial charge >= 0.3 is 5.97 Å². The molecule has 0 radical (unpaired) electrons. The number of nitrogens with one attached hydrogen (secondary N) is 1. The fourth-order valence-corrected chi connectivity index (χ4v) is 2.96. The fourth-order valence-electron chi connectivity index (χ4n) is 2.73. The Morgan fingerprint density at radius 1 is 0.962 bits per heavy atom. The number of carbonyl (C=O) groups is 1. The van der Waals surface area contributed by atoms with Crippen molar-refractivity contribution in [2.24, 2.45) is 0 Å². The van der Waals surface area contributed by atoms with Crippen LogP contribution in [0, 0.1) is 6.92 Å². The maximum atomic E-state index is 12.6. The highest BCUT2D eigenvalue weighted by Gasteiger charge is 2.20. The maximum Gasteiger partial charge on any atom is 0.360 e. The average Bonchev–Trinajstić information content (AvgIpc) is 3.07. The van der Waals surface area contributed by atoms with Crippen molar-refractivity contribution in [3.63, 3.8) is 0 Å². The van der Waals surface area contributed by atoms with Gasteiger partial charge in [0.05, 0.1) is 26.8 Å². The first kappa shape index (κ1) is 17.9. The number of H-pyrrole nitrogens is 1. The van der Waals surface area contributed by atoms with Gasteiger partial charge in [0.2, 0.25) is 0 Å². The van der Waals surface area contributed by atoms with E-state index in [-0.39, 0.29) is 5.69 Å². The van der Waals surface area contributed by atoms with Crippen molar-refractivity contribution >= 4 is 28.5 Å². The second-order valence-corrected chi connectivity index (χ2v) is 6.02. The number of hydrogen-bond donors (Lipinski definition) is 1. The predicted molar refractivity (Wildman–Crippen MR) is 99.1 cm³/mol. The molecule has 7 heteroatoms. The van der Waals surface area contributed by atoms with Gasteiger partial charge in [-0.15, -0.1) is 0 Å². The zero-order valence-corrected chi connectivity index (χ0v) is 15.6. The number of ether oxygens (including phenoxy) is 4. The molecular weight excluding hydrogens is 358 g/mol. The van der Waals surface area contributed by atoms with Crippen LogP contribution >= 0.6 is 11.6 Å². The van der Waals surface area contributed by atoms with E-state index in [9.17, 15) is 4.79 Å². The summed E-state index contributed by atoms with van der Waals surface area (Å²) in [5, 5.41) is 1.26. The highest BCUT2D eigenvalue weighted by atomic mass is 35.5. The van der Waals surface area contributed by atoms with Gasteiger partial charge in [0.25, 0.3) is 0 Å². The zero-order chi connectivity index (χ0) is 18.8. The highest BCUT2D eigenvalue weighted by molar-refractivity contribution is 6.30. The normalized spacial score (nSPS) is 10.7. The topological polar surface area (TPSA) is 69.8 Å². The molecule has 0 saturated carbocycles. The van der Waals surface area contributed by atoms with E-state index in [4.69, 9.17) is 30.5 Å². The van der Waals surface area contributed by atoms with Crippen molar-refractivity contribution in [3.8, 4) is 23.0 Å².